The second kappa shape index (κ2) is 5.72. The predicted molar refractivity (Wildman–Crippen MR) is 60.4 cm³/mol. The van der Waals surface area contributed by atoms with E-state index < -0.39 is 0 Å². The Morgan fingerprint density at radius 1 is 1.29 bits per heavy atom. The molecule has 14 heavy (non-hydrogen) atoms. The molecule has 0 aliphatic heterocycles. The molecule has 0 aromatic carbocycles. The summed E-state index contributed by atoms with van der Waals surface area (Å²) in [5.74, 6) is 0. The maximum absolute atomic E-state index is 8.68. The molecule has 0 amide bonds. The van der Waals surface area contributed by atoms with Gasteiger partial charge in [0.1, 0.15) is 0 Å². The van der Waals surface area contributed by atoms with E-state index in [2.05, 4.69) is 19.2 Å². The fraction of sp³-hybridized carbons (Fsp3) is 1.00. The Balaban J connectivity index is 2.20. The third-order valence-electron chi connectivity index (χ3n) is 3.48. The van der Waals surface area contributed by atoms with Gasteiger partial charge < -0.3 is 10.4 Å². The van der Waals surface area contributed by atoms with Crippen molar-refractivity contribution < 1.29 is 5.11 Å². The maximum atomic E-state index is 8.68. The van der Waals surface area contributed by atoms with Gasteiger partial charge in [0.25, 0.3) is 0 Å². The molecule has 0 heterocycles. The molecule has 0 spiro atoms. The largest absolute Gasteiger partial charge is 0.396 e. The second-order valence-electron chi connectivity index (χ2n) is 5.17. The number of rotatable bonds is 5. The van der Waals surface area contributed by atoms with Crippen LogP contribution < -0.4 is 5.32 Å². The molecule has 1 aliphatic rings. The van der Waals surface area contributed by atoms with E-state index in [0.717, 1.165) is 19.4 Å². The van der Waals surface area contributed by atoms with Gasteiger partial charge in [0.2, 0.25) is 0 Å². The van der Waals surface area contributed by atoms with Crippen LogP contribution in [-0.4, -0.2) is 24.3 Å². The summed E-state index contributed by atoms with van der Waals surface area (Å²) >= 11 is 0. The summed E-state index contributed by atoms with van der Waals surface area (Å²) in [6.45, 7) is 6.14. The Morgan fingerprint density at radius 3 is 2.71 bits per heavy atom. The van der Waals surface area contributed by atoms with Crippen molar-refractivity contribution >= 4 is 0 Å². The zero-order chi connectivity index (χ0) is 10.4. The average molecular weight is 199 g/mol. The van der Waals surface area contributed by atoms with Gasteiger partial charge in [0.05, 0.1) is 0 Å². The molecule has 2 nitrogen and oxygen atoms in total. The van der Waals surface area contributed by atoms with Gasteiger partial charge in [0, 0.05) is 12.6 Å². The van der Waals surface area contributed by atoms with E-state index in [-0.39, 0.29) is 0 Å². The van der Waals surface area contributed by atoms with Gasteiger partial charge in [-0.25, -0.2) is 0 Å². The van der Waals surface area contributed by atoms with Gasteiger partial charge in [-0.3, -0.25) is 0 Å². The molecule has 1 atom stereocenters. The normalized spacial score (nSPS) is 26.4. The highest BCUT2D eigenvalue weighted by Gasteiger charge is 2.31. The smallest absolute Gasteiger partial charge is 0.0431 e. The minimum atomic E-state index is 0.329. The number of nitrogens with one attached hydrogen (secondary N) is 1. The standard InChI is InChI=1S/C12H25NO/c1-12(2)8-4-3-7-11(12)13-9-5-6-10-14/h11,13-14H,3-10H2,1-2H3. The van der Waals surface area contributed by atoms with E-state index in [1.54, 1.807) is 0 Å². The molecule has 0 aromatic heterocycles. The van der Waals surface area contributed by atoms with Crippen molar-refractivity contribution in [3.05, 3.63) is 0 Å². The number of hydrogen-bond acceptors (Lipinski definition) is 2. The van der Waals surface area contributed by atoms with Crippen LogP contribution in [0.1, 0.15) is 52.4 Å². The summed E-state index contributed by atoms with van der Waals surface area (Å²) in [5.41, 5.74) is 0.470. The summed E-state index contributed by atoms with van der Waals surface area (Å²) in [6.07, 6.45) is 7.48. The highest BCUT2D eigenvalue weighted by atomic mass is 16.2. The molecule has 0 bridgehead atoms. The maximum Gasteiger partial charge on any atom is 0.0431 e. The van der Waals surface area contributed by atoms with Crippen molar-refractivity contribution in [2.24, 2.45) is 5.41 Å². The van der Waals surface area contributed by atoms with E-state index in [1.807, 2.05) is 0 Å². The molecular weight excluding hydrogens is 174 g/mol. The van der Waals surface area contributed by atoms with E-state index in [4.69, 9.17) is 5.11 Å². The average Bonchev–Trinajstić information content (AvgIpc) is 2.14. The Kier molecular flexibility index (Phi) is 4.90. The Morgan fingerprint density at radius 2 is 2.07 bits per heavy atom. The van der Waals surface area contributed by atoms with E-state index >= 15 is 0 Å². The SMILES string of the molecule is CC1(C)CCCCC1NCCCCO. The Bertz CT molecular complexity index is 156. The van der Waals surface area contributed by atoms with Crippen LogP contribution >= 0.6 is 0 Å². The van der Waals surface area contributed by atoms with E-state index in [1.165, 1.54) is 25.7 Å². The van der Waals surface area contributed by atoms with Crippen LogP contribution in [0.15, 0.2) is 0 Å². The number of aliphatic hydroxyl groups excluding tert-OH is 1. The van der Waals surface area contributed by atoms with Crippen molar-refractivity contribution in [2.45, 2.75) is 58.4 Å². The highest BCUT2D eigenvalue weighted by molar-refractivity contribution is 4.87. The number of unbranched alkanes of at least 4 members (excludes halogenated alkanes) is 1. The molecule has 84 valence electrons. The topological polar surface area (TPSA) is 32.3 Å². The summed E-state index contributed by atoms with van der Waals surface area (Å²) in [5, 5.41) is 12.3. The molecule has 0 aromatic rings. The second-order valence-corrected chi connectivity index (χ2v) is 5.17. The lowest BCUT2D eigenvalue weighted by Crippen LogP contribution is -2.44. The first kappa shape index (κ1) is 12.0. The number of hydrogen-bond donors (Lipinski definition) is 2. The fourth-order valence-electron chi connectivity index (χ4n) is 2.39. The van der Waals surface area contributed by atoms with Gasteiger partial charge in [0.15, 0.2) is 0 Å². The monoisotopic (exact) mass is 199 g/mol. The van der Waals surface area contributed by atoms with Crippen LogP contribution in [0, 0.1) is 5.41 Å². The minimum absolute atomic E-state index is 0.329. The van der Waals surface area contributed by atoms with Gasteiger partial charge in [-0.15, -0.1) is 0 Å². The third-order valence-corrected chi connectivity index (χ3v) is 3.48. The van der Waals surface area contributed by atoms with Crippen molar-refractivity contribution in [1.29, 1.82) is 0 Å². The third kappa shape index (κ3) is 3.58. The van der Waals surface area contributed by atoms with Crippen LogP contribution in [0.5, 0.6) is 0 Å². The Hall–Kier alpha value is -0.0800. The fourth-order valence-corrected chi connectivity index (χ4v) is 2.39. The summed E-state index contributed by atoms with van der Waals surface area (Å²) in [7, 11) is 0. The van der Waals surface area contributed by atoms with Crippen LogP contribution in [-0.2, 0) is 0 Å². The zero-order valence-corrected chi connectivity index (χ0v) is 9.68. The molecule has 1 fully saturated rings. The van der Waals surface area contributed by atoms with Gasteiger partial charge in [-0.05, 0) is 37.6 Å². The minimum Gasteiger partial charge on any atom is -0.396 e. The molecule has 1 rings (SSSR count). The van der Waals surface area contributed by atoms with E-state index in [9.17, 15) is 0 Å². The predicted octanol–water partition coefficient (Wildman–Crippen LogP) is 2.32. The highest BCUT2D eigenvalue weighted by Crippen LogP contribution is 2.35. The summed E-state index contributed by atoms with van der Waals surface area (Å²) in [4.78, 5) is 0. The molecule has 1 saturated carbocycles. The first-order valence-electron chi connectivity index (χ1n) is 6.01. The van der Waals surface area contributed by atoms with Crippen molar-refractivity contribution in [2.75, 3.05) is 13.2 Å². The molecule has 2 heteroatoms. The quantitative estimate of drug-likeness (QED) is 0.666. The number of aliphatic hydroxyl groups is 1. The molecule has 0 saturated heterocycles. The summed E-state index contributed by atoms with van der Waals surface area (Å²) < 4.78 is 0. The van der Waals surface area contributed by atoms with Gasteiger partial charge in [-0.1, -0.05) is 26.7 Å². The van der Waals surface area contributed by atoms with Crippen LogP contribution in [0.3, 0.4) is 0 Å². The van der Waals surface area contributed by atoms with Crippen molar-refractivity contribution in [3.63, 3.8) is 0 Å². The molecule has 2 N–H and O–H groups in total. The van der Waals surface area contributed by atoms with Crippen LogP contribution in [0.2, 0.25) is 0 Å². The Labute approximate surface area is 88.1 Å². The zero-order valence-electron chi connectivity index (χ0n) is 9.68. The first-order chi connectivity index (χ1) is 6.67. The van der Waals surface area contributed by atoms with E-state index in [0.29, 0.717) is 18.1 Å². The first-order valence-corrected chi connectivity index (χ1v) is 6.01. The van der Waals surface area contributed by atoms with Crippen LogP contribution in [0.4, 0.5) is 0 Å². The summed E-state index contributed by atoms with van der Waals surface area (Å²) in [6, 6.07) is 0.690. The molecule has 0 radical (unpaired) electrons. The lowest BCUT2D eigenvalue weighted by atomic mass is 9.73. The lowest BCUT2D eigenvalue weighted by Gasteiger charge is -2.39. The van der Waals surface area contributed by atoms with Crippen LogP contribution in [0.25, 0.3) is 0 Å². The molecule has 1 unspecified atom stereocenters. The molecule has 1 aliphatic carbocycles. The van der Waals surface area contributed by atoms with Crippen molar-refractivity contribution in [1.82, 2.24) is 5.32 Å². The van der Waals surface area contributed by atoms with Gasteiger partial charge in [-0.2, -0.15) is 0 Å². The molecular formula is C12H25NO. The lowest BCUT2D eigenvalue weighted by molar-refractivity contribution is 0.166. The van der Waals surface area contributed by atoms with Crippen molar-refractivity contribution in [3.8, 4) is 0 Å². The van der Waals surface area contributed by atoms with Gasteiger partial charge >= 0.3 is 0 Å².